The second kappa shape index (κ2) is 3.19. The van der Waals surface area contributed by atoms with Crippen molar-refractivity contribution in [1.82, 2.24) is 4.98 Å². The molecule has 1 heterocycles. The van der Waals surface area contributed by atoms with Crippen LogP contribution in [-0.4, -0.2) is 10.5 Å². The third-order valence-corrected chi connectivity index (χ3v) is 1.68. The average Bonchev–Trinajstić information content (AvgIpc) is 2.06. The summed E-state index contributed by atoms with van der Waals surface area (Å²) in [5.74, 6) is 0. The van der Waals surface area contributed by atoms with Gasteiger partial charge in [-0.15, -0.1) is 0 Å². The molecule has 0 aliphatic carbocycles. The van der Waals surface area contributed by atoms with E-state index < -0.39 is 0 Å². The molecule has 12 heavy (non-hydrogen) atoms. The molecule has 0 radical (unpaired) electrons. The number of aromatic amines is 1. The predicted octanol–water partition coefficient (Wildman–Crippen LogP) is 0.703. The van der Waals surface area contributed by atoms with Gasteiger partial charge in [-0.1, -0.05) is 18.2 Å². The molecule has 0 bridgehead atoms. The fourth-order valence-electron chi connectivity index (χ4n) is 1.13. The minimum atomic E-state index is -0.0249. The van der Waals surface area contributed by atoms with Crippen LogP contribution in [0.1, 0.15) is 0 Å². The van der Waals surface area contributed by atoms with Crippen LogP contribution in [0.25, 0.3) is 10.8 Å². The van der Waals surface area contributed by atoms with Crippen LogP contribution in [0.3, 0.4) is 0 Å². The van der Waals surface area contributed by atoms with E-state index in [0.29, 0.717) is 0 Å². The Morgan fingerprint density at radius 3 is 2.58 bits per heavy atom. The lowest BCUT2D eigenvalue weighted by molar-refractivity contribution is 0.824. The van der Waals surface area contributed by atoms with Crippen LogP contribution in [0.5, 0.6) is 0 Å². The molecule has 0 unspecified atom stereocenters. The van der Waals surface area contributed by atoms with Gasteiger partial charge in [0, 0.05) is 11.6 Å². The Balaban J connectivity index is 0.000000720. The highest BCUT2D eigenvalue weighted by Gasteiger charge is 1.92. The highest BCUT2D eigenvalue weighted by molar-refractivity contribution is 5.80. The second-order valence-corrected chi connectivity index (χ2v) is 2.39. The van der Waals surface area contributed by atoms with E-state index in [1.807, 2.05) is 30.3 Å². The van der Waals surface area contributed by atoms with Crippen LogP contribution >= 0.6 is 0 Å². The maximum absolute atomic E-state index is 11.1. The summed E-state index contributed by atoms with van der Waals surface area (Å²) in [5, 5.41) is 1.73. The summed E-state index contributed by atoms with van der Waals surface area (Å²) in [6.45, 7) is 0. The molecule has 2 rings (SSSR count). The van der Waals surface area contributed by atoms with Crippen molar-refractivity contribution in [3.63, 3.8) is 0 Å². The Bertz CT molecular complexity index is 428. The Morgan fingerprint density at radius 1 is 1.08 bits per heavy atom. The van der Waals surface area contributed by atoms with Crippen LogP contribution in [0, 0.1) is 0 Å². The molecule has 0 aliphatic heterocycles. The average molecular weight is 163 g/mol. The van der Waals surface area contributed by atoms with Gasteiger partial charge in [-0.3, -0.25) is 4.79 Å². The molecule has 0 amide bonds. The normalized spacial score (nSPS) is 9.33. The van der Waals surface area contributed by atoms with E-state index in [2.05, 4.69) is 4.98 Å². The number of rotatable bonds is 0. The lowest BCUT2D eigenvalue weighted by atomic mass is 10.2. The molecule has 0 saturated carbocycles. The van der Waals surface area contributed by atoms with E-state index in [0.717, 1.165) is 10.8 Å². The summed E-state index contributed by atoms with van der Waals surface area (Å²) >= 11 is 0. The first-order valence-corrected chi connectivity index (χ1v) is 3.44. The minimum Gasteiger partial charge on any atom is -0.412 e. The van der Waals surface area contributed by atoms with Crippen LogP contribution in [0.4, 0.5) is 0 Å². The molecule has 2 aromatic rings. The molecule has 1 aromatic carbocycles. The zero-order valence-corrected chi connectivity index (χ0v) is 6.37. The molecule has 0 atom stereocenters. The van der Waals surface area contributed by atoms with Gasteiger partial charge >= 0.3 is 0 Å². The molecular weight excluding hydrogens is 154 g/mol. The lowest BCUT2D eigenvalue weighted by Gasteiger charge is -1.92. The van der Waals surface area contributed by atoms with E-state index in [1.165, 1.54) is 0 Å². The van der Waals surface area contributed by atoms with Crippen LogP contribution in [-0.2, 0) is 0 Å². The summed E-state index contributed by atoms with van der Waals surface area (Å²) in [6.07, 6.45) is 1.66. The summed E-state index contributed by atoms with van der Waals surface area (Å²) in [4.78, 5) is 13.7. The number of H-pyrrole nitrogens is 1. The molecular formula is C9H9NO2. The highest BCUT2D eigenvalue weighted by atomic mass is 16.1. The molecule has 3 nitrogen and oxygen atoms in total. The van der Waals surface area contributed by atoms with Crippen molar-refractivity contribution >= 4 is 10.8 Å². The van der Waals surface area contributed by atoms with Crippen molar-refractivity contribution in [3.8, 4) is 0 Å². The smallest absolute Gasteiger partial charge is 0.255 e. The maximum atomic E-state index is 11.1. The molecule has 3 heteroatoms. The van der Waals surface area contributed by atoms with E-state index >= 15 is 0 Å². The number of hydrogen-bond donors (Lipinski definition) is 1. The predicted molar refractivity (Wildman–Crippen MR) is 48.2 cm³/mol. The first-order valence-electron chi connectivity index (χ1n) is 3.44. The van der Waals surface area contributed by atoms with Gasteiger partial charge in [-0.05, 0) is 17.5 Å². The van der Waals surface area contributed by atoms with Crippen molar-refractivity contribution in [2.24, 2.45) is 0 Å². The monoisotopic (exact) mass is 163 g/mol. The first-order chi connectivity index (χ1) is 5.38. The molecule has 1 aromatic heterocycles. The Labute approximate surface area is 69.0 Å². The highest BCUT2D eigenvalue weighted by Crippen LogP contribution is 2.05. The maximum Gasteiger partial charge on any atom is 0.255 e. The summed E-state index contributed by atoms with van der Waals surface area (Å²) < 4.78 is 0. The number of aromatic nitrogens is 1. The van der Waals surface area contributed by atoms with Crippen molar-refractivity contribution in [3.05, 3.63) is 46.9 Å². The van der Waals surface area contributed by atoms with Crippen LogP contribution in [0.15, 0.2) is 41.3 Å². The quantitative estimate of drug-likeness (QED) is 0.610. The third-order valence-electron chi connectivity index (χ3n) is 1.68. The Kier molecular flexibility index (Phi) is 2.26. The standard InChI is InChI=1S/C9H7NO.H2O/c11-9-8-4-2-1-3-7(8)5-6-10-9;/h1-6H,(H,10,11);1H2. The van der Waals surface area contributed by atoms with E-state index in [9.17, 15) is 4.79 Å². The van der Waals surface area contributed by atoms with Crippen molar-refractivity contribution in [2.75, 3.05) is 0 Å². The summed E-state index contributed by atoms with van der Waals surface area (Å²) in [5.41, 5.74) is -0.0249. The topological polar surface area (TPSA) is 64.4 Å². The molecule has 0 aliphatic rings. The van der Waals surface area contributed by atoms with E-state index in [4.69, 9.17) is 0 Å². The van der Waals surface area contributed by atoms with Gasteiger partial charge in [-0.2, -0.15) is 0 Å². The van der Waals surface area contributed by atoms with E-state index in [1.54, 1.807) is 6.20 Å². The lowest BCUT2D eigenvalue weighted by Crippen LogP contribution is -2.03. The SMILES string of the molecule is O.O=c1[nH]ccc2ccccc12. The van der Waals surface area contributed by atoms with Gasteiger partial charge in [0.25, 0.3) is 5.56 Å². The fourth-order valence-corrected chi connectivity index (χ4v) is 1.13. The molecule has 0 fully saturated rings. The number of hydrogen-bond acceptors (Lipinski definition) is 1. The van der Waals surface area contributed by atoms with Crippen molar-refractivity contribution < 1.29 is 5.48 Å². The van der Waals surface area contributed by atoms with Gasteiger partial charge in [-0.25, -0.2) is 0 Å². The van der Waals surface area contributed by atoms with E-state index in [-0.39, 0.29) is 11.0 Å². The Hall–Kier alpha value is -1.61. The zero-order valence-electron chi connectivity index (χ0n) is 6.37. The van der Waals surface area contributed by atoms with Gasteiger partial charge in [0.15, 0.2) is 0 Å². The third kappa shape index (κ3) is 1.22. The number of nitrogens with one attached hydrogen (secondary N) is 1. The molecule has 0 saturated heterocycles. The van der Waals surface area contributed by atoms with Gasteiger partial charge in [0.2, 0.25) is 0 Å². The van der Waals surface area contributed by atoms with Crippen molar-refractivity contribution in [2.45, 2.75) is 0 Å². The zero-order chi connectivity index (χ0) is 7.68. The Morgan fingerprint density at radius 2 is 1.83 bits per heavy atom. The number of benzene rings is 1. The molecule has 0 spiro atoms. The summed E-state index contributed by atoms with van der Waals surface area (Å²) in [6, 6.07) is 9.40. The number of fused-ring (bicyclic) bond motifs is 1. The van der Waals surface area contributed by atoms with Gasteiger partial charge in [0.1, 0.15) is 0 Å². The van der Waals surface area contributed by atoms with Gasteiger partial charge in [0.05, 0.1) is 0 Å². The first kappa shape index (κ1) is 8.49. The minimum absolute atomic E-state index is 0. The largest absolute Gasteiger partial charge is 0.412 e. The second-order valence-electron chi connectivity index (χ2n) is 2.39. The number of pyridine rings is 1. The van der Waals surface area contributed by atoms with Crippen molar-refractivity contribution in [1.29, 1.82) is 0 Å². The van der Waals surface area contributed by atoms with Gasteiger partial charge < -0.3 is 10.5 Å². The molecule has 3 N–H and O–H groups in total. The fraction of sp³-hybridized carbons (Fsp3) is 0. The van der Waals surface area contributed by atoms with Crippen LogP contribution in [0.2, 0.25) is 0 Å². The molecule has 62 valence electrons. The van der Waals surface area contributed by atoms with Crippen LogP contribution < -0.4 is 5.56 Å². The summed E-state index contributed by atoms with van der Waals surface area (Å²) in [7, 11) is 0.